The highest BCUT2D eigenvalue weighted by molar-refractivity contribution is 5.99. The Hall–Kier alpha value is -5.00. The Labute approximate surface area is 232 Å². The summed E-state index contributed by atoms with van der Waals surface area (Å²) in [6.07, 6.45) is 4.47. The first-order valence-electron chi connectivity index (χ1n) is 13.1. The van der Waals surface area contributed by atoms with Gasteiger partial charge in [0.1, 0.15) is 5.75 Å². The number of pyridine rings is 1. The van der Waals surface area contributed by atoms with E-state index in [0.29, 0.717) is 12.2 Å². The summed E-state index contributed by atoms with van der Waals surface area (Å²) in [5.74, 6) is 0.715. The van der Waals surface area contributed by atoms with Crippen molar-refractivity contribution in [1.29, 1.82) is 0 Å². The fourth-order valence-electron chi connectivity index (χ4n) is 5.23. The molecule has 7 nitrogen and oxygen atoms in total. The highest BCUT2D eigenvalue weighted by Crippen LogP contribution is 2.32. The van der Waals surface area contributed by atoms with Crippen LogP contribution in [0.2, 0.25) is 0 Å². The van der Waals surface area contributed by atoms with Crippen molar-refractivity contribution < 1.29 is 19.1 Å². The number of nitrogens with one attached hydrogen (secondary N) is 1. The third-order valence-electron chi connectivity index (χ3n) is 7.46. The van der Waals surface area contributed by atoms with Gasteiger partial charge >= 0.3 is 6.15 Å². The first-order chi connectivity index (χ1) is 19.5. The molecule has 0 unspecified atom stereocenters. The number of rotatable bonds is 5. The van der Waals surface area contributed by atoms with Crippen molar-refractivity contribution in [2.45, 2.75) is 32.9 Å². The Kier molecular flexibility index (Phi) is 7.85. The second-order valence-electron chi connectivity index (χ2n) is 9.75. The molecule has 40 heavy (non-hydrogen) atoms. The summed E-state index contributed by atoms with van der Waals surface area (Å²) in [5.41, 5.74) is 8.83. The number of hydrogen-bond donors (Lipinski definition) is 1. The Morgan fingerprint density at radius 2 is 1.73 bits per heavy atom. The summed E-state index contributed by atoms with van der Waals surface area (Å²) in [6, 6.07) is 27.0. The van der Waals surface area contributed by atoms with Crippen LogP contribution in [0, 0.1) is 13.8 Å². The zero-order valence-electron chi connectivity index (χ0n) is 22.4. The summed E-state index contributed by atoms with van der Waals surface area (Å²) in [7, 11) is 0. The maximum atomic E-state index is 13.2. The van der Waals surface area contributed by atoms with Gasteiger partial charge in [0.05, 0.1) is 12.6 Å². The van der Waals surface area contributed by atoms with Gasteiger partial charge in [-0.25, -0.2) is 0 Å². The van der Waals surface area contributed by atoms with E-state index in [2.05, 4.69) is 83.3 Å². The van der Waals surface area contributed by atoms with Crippen molar-refractivity contribution in [3.63, 3.8) is 0 Å². The van der Waals surface area contributed by atoms with Crippen molar-refractivity contribution in [1.82, 2.24) is 14.9 Å². The quantitative estimate of drug-likeness (QED) is 0.299. The summed E-state index contributed by atoms with van der Waals surface area (Å²) in [5, 5.41) is 4.30. The summed E-state index contributed by atoms with van der Waals surface area (Å²) >= 11 is 0. The molecular formula is C33H29N3O4. The molecule has 1 amide bonds. The molecule has 0 saturated carbocycles. The maximum Gasteiger partial charge on any atom is 0.373 e. The minimum absolute atomic E-state index is 0.0788. The van der Waals surface area contributed by atoms with E-state index >= 15 is 0 Å². The Morgan fingerprint density at radius 3 is 2.48 bits per heavy atom. The molecule has 0 radical (unpaired) electrons. The van der Waals surface area contributed by atoms with Crippen LogP contribution in [0.15, 0.2) is 91.3 Å². The number of benzene rings is 3. The Balaban J connectivity index is 0.00000103. The molecule has 5 aromatic rings. The van der Waals surface area contributed by atoms with Gasteiger partial charge in [-0.3, -0.25) is 9.78 Å². The SMILES string of the molecule is Cc1c(C)n(Cc2ccc(-c3ccccc3)cc2)c2ccc(C(=O)N[C@H]3CCOc4ccncc43)cc12.O=C=O. The van der Waals surface area contributed by atoms with Crippen LogP contribution in [0.4, 0.5) is 0 Å². The number of ether oxygens (including phenoxy) is 1. The molecule has 1 N–H and O–H groups in total. The molecular weight excluding hydrogens is 502 g/mol. The summed E-state index contributed by atoms with van der Waals surface area (Å²) < 4.78 is 8.05. The number of fused-ring (bicyclic) bond motifs is 2. The van der Waals surface area contributed by atoms with Crippen molar-refractivity contribution in [2.24, 2.45) is 0 Å². The average Bonchev–Trinajstić information content (AvgIpc) is 3.23. The van der Waals surface area contributed by atoms with Crippen LogP contribution in [0.25, 0.3) is 22.0 Å². The van der Waals surface area contributed by atoms with E-state index in [0.717, 1.165) is 35.2 Å². The monoisotopic (exact) mass is 531 g/mol. The molecule has 3 heterocycles. The molecule has 0 spiro atoms. The van der Waals surface area contributed by atoms with Crippen LogP contribution < -0.4 is 10.1 Å². The molecule has 0 fully saturated rings. The minimum Gasteiger partial charge on any atom is -0.493 e. The lowest BCUT2D eigenvalue weighted by Gasteiger charge is -2.26. The van der Waals surface area contributed by atoms with Gasteiger partial charge in [-0.15, -0.1) is 0 Å². The second-order valence-corrected chi connectivity index (χ2v) is 9.75. The molecule has 3 aromatic carbocycles. The van der Waals surface area contributed by atoms with Gasteiger partial charge in [-0.1, -0.05) is 54.6 Å². The Bertz CT molecular complexity index is 1680. The fraction of sp³-hybridized carbons (Fsp3) is 0.182. The number of hydrogen-bond acceptors (Lipinski definition) is 5. The normalized spacial score (nSPS) is 13.8. The smallest absolute Gasteiger partial charge is 0.373 e. The zero-order chi connectivity index (χ0) is 28.1. The lowest BCUT2D eigenvalue weighted by molar-refractivity contribution is -0.191. The van der Waals surface area contributed by atoms with Crippen molar-refractivity contribution in [2.75, 3.05) is 6.61 Å². The van der Waals surface area contributed by atoms with E-state index in [1.807, 2.05) is 24.3 Å². The van der Waals surface area contributed by atoms with Crippen LogP contribution >= 0.6 is 0 Å². The summed E-state index contributed by atoms with van der Waals surface area (Å²) in [6.45, 7) is 5.64. The molecule has 2 aromatic heterocycles. The van der Waals surface area contributed by atoms with Gasteiger partial charge < -0.3 is 14.6 Å². The van der Waals surface area contributed by atoms with Crippen molar-refractivity contribution >= 4 is 23.0 Å². The Morgan fingerprint density at radius 1 is 1.00 bits per heavy atom. The van der Waals surface area contributed by atoms with Crippen LogP contribution in [0.3, 0.4) is 0 Å². The number of nitrogens with zero attached hydrogens (tertiary/aromatic N) is 2. The molecule has 1 aliphatic rings. The van der Waals surface area contributed by atoms with Gasteiger partial charge in [0, 0.05) is 53.1 Å². The molecule has 7 heteroatoms. The first kappa shape index (κ1) is 26.6. The molecule has 1 aliphatic heterocycles. The molecule has 200 valence electrons. The first-order valence-corrected chi connectivity index (χ1v) is 13.1. The maximum absolute atomic E-state index is 13.2. The number of carbonyl (C=O) groups excluding carboxylic acids is 3. The van der Waals surface area contributed by atoms with E-state index in [1.54, 1.807) is 12.4 Å². The average molecular weight is 532 g/mol. The van der Waals surface area contributed by atoms with E-state index < -0.39 is 0 Å². The van der Waals surface area contributed by atoms with E-state index in [1.165, 1.54) is 27.9 Å². The van der Waals surface area contributed by atoms with Crippen LogP contribution in [0.1, 0.15) is 45.2 Å². The number of carbonyl (C=O) groups is 1. The number of aryl methyl sites for hydroxylation is 1. The summed E-state index contributed by atoms with van der Waals surface area (Å²) in [4.78, 5) is 33.7. The molecule has 1 atom stereocenters. The molecule has 6 rings (SSSR count). The lowest BCUT2D eigenvalue weighted by atomic mass is 10.0. The predicted molar refractivity (Wildman–Crippen MR) is 152 cm³/mol. The topological polar surface area (TPSA) is 90.3 Å². The van der Waals surface area contributed by atoms with Gasteiger partial charge in [-0.05, 0) is 60.4 Å². The fourth-order valence-corrected chi connectivity index (χ4v) is 5.23. The molecule has 0 bridgehead atoms. The molecule has 0 aliphatic carbocycles. The third-order valence-corrected chi connectivity index (χ3v) is 7.46. The van der Waals surface area contributed by atoms with Crippen molar-refractivity contribution in [3.8, 4) is 16.9 Å². The highest BCUT2D eigenvalue weighted by atomic mass is 16.5. The largest absolute Gasteiger partial charge is 0.493 e. The number of aromatic nitrogens is 2. The highest BCUT2D eigenvalue weighted by Gasteiger charge is 2.24. The lowest BCUT2D eigenvalue weighted by Crippen LogP contribution is -2.32. The molecule has 0 saturated heterocycles. The second kappa shape index (κ2) is 11.8. The minimum atomic E-state index is -0.105. The zero-order valence-corrected chi connectivity index (χ0v) is 22.4. The van der Waals surface area contributed by atoms with Crippen LogP contribution in [0.5, 0.6) is 5.75 Å². The van der Waals surface area contributed by atoms with E-state index in [-0.39, 0.29) is 18.1 Å². The third kappa shape index (κ3) is 5.41. The standard InChI is InChI=1S/C32H29N3O2.CO2/c1-21-22(2)35(20-23-8-10-25(11-9-23)24-6-4-3-5-7-24)30-13-12-26(18-27(21)30)32(36)34-29-15-17-37-31-14-16-33-19-28(29)31;2-1-3/h3-14,16,18-19,29H,15,17,20H2,1-2H3,(H,34,36);/t29-;/m0./s1. The van der Waals surface area contributed by atoms with Crippen LogP contribution in [-0.2, 0) is 16.1 Å². The van der Waals surface area contributed by atoms with E-state index in [9.17, 15) is 4.79 Å². The van der Waals surface area contributed by atoms with Gasteiger partial charge in [0.2, 0.25) is 0 Å². The van der Waals surface area contributed by atoms with Gasteiger partial charge in [-0.2, -0.15) is 9.59 Å². The van der Waals surface area contributed by atoms with E-state index in [4.69, 9.17) is 14.3 Å². The van der Waals surface area contributed by atoms with Gasteiger partial charge in [0.25, 0.3) is 5.91 Å². The van der Waals surface area contributed by atoms with Crippen LogP contribution in [-0.4, -0.2) is 28.2 Å². The van der Waals surface area contributed by atoms with Crippen molar-refractivity contribution in [3.05, 3.63) is 119 Å². The van der Waals surface area contributed by atoms with Gasteiger partial charge in [0.15, 0.2) is 0 Å². The number of amides is 1. The predicted octanol–water partition coefficient (Wildman–Crippen LogP) is 6.04.